The van der Waals surface area contributed by atoms with Crippen LogP contribution in [0.2, 0.25) is 0 Å². The summed E-state index contributed by atoms with van der Waals surface area (Å²) >= 11 is 5.38. The van der Waals surface area contributed by atoms with E-state index in [9.17, 15) is 4.79 Å². The van der Waals surface area contributed by atoms with Crippen LogP contribution in [0.5, 0.6) is 0 Å². The zero-order valence-corrected chi connectivity index (χ0v) is 11.5. The Labute approximate surface area is 109 Å². The van der Waals surface area contributed by atoms with Crippen molar-refractivity contribution >= 4 is 17.6 Å². The highest BCUT2D eigenvalue weighted by molar-refractivity contribution is 6.18. The van der Waals surface area contributed by atoms with Gasteiger partial charge in [0.15, 0.2) is 0 Å². The summed E-state index contributed by atoms with van der Waals surface area (Å²) in [4.78, 5) is 11.2. The minimum atomic E-state index is -0.741. The molecule has 0 heterocycles. The molecule has 0 fully saturated rings. The van der Waals surface area contributed by atoms with Gasteiger partial charge in [0, 0.05) is 6.42 Å². The Morgan fingerprint density at radius 3 is 2.35 bits per heavy atom. The minimum absolute atomic E-state index is 0.0127. The second kappa shape index (κ2) is 12.2. The molecular weight excluding hydrogens is 240 g/mol. The predicted molar refractivity (Wildman–Crippen MR) is 70.3 cm³/mol. The summed E-state index contributed by atoms with van der Waals surface area (Å²) in [5.41, 5.74) is 0. The average molecular weight is 265 g/mol. The first-order chi connectivity index (χ1) is 8.20. The summed E-state index contributed by atoms with van der Waals surface area (Å²) < 4.78 is 4.87. The number of esters is 1. The first-order valence-corrected chi connectivity index (χ1v) is 7.13. The summed E-state index contributed by atoms with van der Waals surface area (Å²) in [6.45, 7) is 2.21. The molecule has 0 rings (SSSR count). The van der Waals surface area contributed by atoms with Crippen LogP contribution in [0, 0.1) is 0 Å². The number of hydrogen-bond acceptors (Lipinski definition) is 3. The zero-order valence-electron chi connectivity index (χ0n) is 10.8. The van der Waals surface area contributed by atoms with Crippen LogP contribution >= 0.6 is 11.6 Å². The number of carbonyl (C=O) groups is 1. The molecule has 0 aliphatic rings. The molecule has 1 N–H and O–H groups in total. The van der Waals surface area contributed by atoms with Crippen LogP contribution in [0.15, 0.2) is 0 Å². The quantitative estimate of drug-likeness (QED) is 0.354. The van der Waals surface area contributed by atoms with E-state index in [4.69, 9.17) is 21.4 Å². The fraction of sp³-hybridized carbons (Fsp3) is 0.923. The monoisotopic (exact) mass is 264 g/mol. The number of aliphatic hydroxyl groups excluding tert-OH is 1. The van der Waals surface area contributed by atoms with E-state index in [-0.39, 0.29) is 18.5 Å². The maximum atomic E-state index is 11.2. The fourth-order valence-corrected chi connectivity index (χ4v) is 1.62. The summed E-state index contributed by atoms with van der Waals surface area (Å²) in [5.74, 6) is -0.132. The van der Waals surface area contributed by atoms with E-state index < -0.39 is 6.10 Å². The van der Waals surface area contributed by atoms with Gasteiger partial charge < -0.3 is 9.84 Å². The van der Waals surface area contributed by atoms with Crippen molar-refractivity contribution < 1.29 is 14.6 Å². The molecule has 0 radical (unpaired) electrons. The number of hydrogen-bond donors (Lipinski definition) is 1. The van der Waals surface area contributed by atoms with Gasteiger partial charge >= 0.3 is 5.97 Å². The molecule has 0 aliphatic carbocycles. The molecule has 0 amide bonds. The highest BCUT2D eigenvalue weighted by atomic mass is 35.5. The Kier molecular flexibility index (Phi) is 12.0. The number of ether oxygens (including phenoxy) is 1. The first-order valence-electron chi connectivity index (χ1n) is 6.60. The van der Waals surface area contributed by atoms with Crippen LogP contribution in [-0.2, 0) is 9.53 Å². The number of unbranched alkanes of at least 4 members (excludes halogenated alkanes) is 6. The number of rotatable bonds is 11. The maximum absolute atomic E-state index is 11.2. The van der Waals surface area contributed by atoms with Gasteiger partial charge in [-0.25, -0.2) is 0 Å². The van der Waals surface area contributed by atoms with Gasteiger partial charge in [-0.15, -0.1) is 11.6 Å². The summed E-state index contributed by atoms with van der Waals surface area (Å²) in [7, 11) is 0. The second-order valence-corrected chi connectivity index (χ2v) is 4.67. The first kappa shape index (κ1) is 16.7. The molecular formula is C13H25ClO3. The van der Waals surface area contributed by atoms with Crippen molar-refractivity contribution in [3.63, 3.8) is 0 Å². The Balaban J connectivity index is 3.22. The van der Waals surface area contributed by atoms with Gasteiger partial charge in [-0.3, -0.25) is 4.79 Å². The van der Waals surface area contributed by atoms with E-state index in [0.29, 0.717) is 6.42 Å². The third kappa shape index (κ3) is 12.0. The van der Waals surface area contributed by atoms with Crippen molar-refractivity contribution in [3.05, 3.63) is 0 Å². The lowest BCUT2D eigenvalue weighted by atomic mass is 10.1. The molecule has 1 atom stereocenters. The van der Waals surface area contributed by atoms with Gasteiger partial charge in [0.1, 0.15) is 12.7 Å². The van der Waals surface area contributed by atoms with Crippen molar-refractivity contribution in [2.75, 3.05) is 12.5 Å². The smallest absolute Gasteiger partial charge is 0.305 e. The van der Waals surface area contributed by atoms with Crippen molar-refractivity contribution in [2.45, 2.75) is 64.4 Å². The maximum Gasteiger partial charge on any atom is 0.305 e. The topological polar surface area (TPSA) is 46.5 Å². The van der Waals surface area contributed by atoms with E-state index in [1.165, 1.54) is 32.1 Å². The summed E-state index contributed by atoms with van der Waals surface area (Å²) in [6.07, 6.45) is 7.97. The Morgan fingerprint density at radius 1 is 1.18 bits per heavy atom. The lowest BCUT2D eigenvalue weighted by molar-refractivity contribution is -0.146. The van der Waals surface area contributed by atoms with E-state index >= 15 is 0 Å². The molecule has 4 heteroatoms. The molecule has 1 unspecified atom stereocenters. The van der Waals surface area contributed by atoms with E-state index in [2.05, 4.69) is 6.92 Å². The van der Waals surface area contributed by atoms with Crippen LogP contribution in [0.4, 0.5) is 0 Å². The molecule has 0 aromatic heterocycles. The normalized spacial score (nSPS) is 12.4. The largest absolute Gasteiger partial charge is 0.463 e. The van der Waals surface area contributed by atoms with Gasteiger partial charge in [0.05, 0.1) is 5.88 Å². The van der Waals surface area contributed by atoms with Crippen molar-refractivity contribution in [3.8, 4) is 0 Å². The third-order valence-corrected chi connectivity index (χ3v) is 2.96. The number of alkyl halides is 1. The highest BCUT2D eigenvalue weighted by Gasteiger charge is 2.07. The number of aliphatic hydroxyl groups is 1. The molecule has 0 saturated carbocycles. The van der Waals surface area contributed by atoms with Gasteiger partial charge in [-0.2, -0.15) is 0 Å². The molecule has 0 aliphatic heterocycles. The summed E-state index contributed by atoms with van der Waals surface area (Å²) in [5, 5.41) is 9.09. The number of carbonyl (C=O) groups excluding carboxylic acids is 1. The van der Waals surface area contributed by atoms with Gasteiger partial charge in [0.2, 0.25) is 0 Å². The lowest BCUT2D eigenvalue weighted by Crippen LogP contribution is -2.19. The lowest BCUT2D eigenvalue weighted by Gasteiger charge is -2.07. The Bertz CT molecular complexity index is 186. The van der Waals surface area contributed by atoms with Gasteiger partial charge in [-0.1, -0.05) is 45.4 Å². The van der Waals surface area contributed by atoms with E-state index in [1.807, 2.05) is 0 Å². The fourth-order valence-electron chi connectivity index (χ4n) is 1.53. The molecule has 0 saturated heterocycles. The molecule has 17 heavy (non-hydrogen) atoms. The highest BCUT2D eigenvalue weighted by Crippen LogP contribution is 2.08. The van der Waals surface area contributed by atoms with Gasteiger partial charge in [0.25, 0.3) is 0 Å². The minimum Gasteiger partial charge on any atom is -0.463 e. The van der Waals surface area contributed by atoms with Crippen molar-refractivity contribution in [2.24, 2.45) is 0 Å². The number of halogens is 1. The van der Waals surface area contributed by atoms with E-state index in [0.717, 1.165) is 12.8 Å². The molecule has 0 spiro atoms. The summed E-state index contributed by atoms with van der Waals surface area (Å²) in [6, 6.07) is 0. The zero-order chi connectivity index (χ0) is 12.9. The van der Waals surface area contributed by atoms with Crippen LogP contribution in [0.1, 0.15) is 58.3 Å². The molecule has 102 valence electrons. The second-order valence-electron chi connectivity index (χ2n) is 4.36. The Morgan fingerprint density at radius 2 is 1.76 bits per heavy atom. The van der Waals surface area contributed by atoms with E-state index in [1.54, 1.807) is 0 Å². The SMILES string of the molecule is CCCCCCCCCC(=O)OCC(O)CCl. The molecule has 0 aromatic rings. The van der Waals surface area contributed by atoms with Crippen LogP contribution in [-0.4, -0.2) is 29.7 Å². The molecule has 0 bridgehead atoms. The van der Waals surface area contributed by atoms with Crippen LogP contribution in [0.25, 0.3) is 0 Å². The average Bonchev–Trinajstić information content (AvgIpc) is 2.34. The third-order valence-electron chi connectivity index (χ3n) is 2.60. The van der Waals surface area contributed by atoms with Crippen LogP contribution < -0.4 is 0 Å². The standard InChI is InChI=1S/C13H25ClO3/c1-2-3-4-5-6-7-8-9-13(16)17-11-12(15)10-14/h12,15H,2-11H2,1H3. The van der Waals surface area contributed by atoms with Crippen LogP contribution in [0.3, 0.4) is 0 Å². The van der Waals surface area contributed by atoms with Crippen molar-refractivity contribution in [1.82, 2.24) is 0 Å². The molecule has 3 nitrogen and oxygen atoms in total. The van der Waals surface area contributed by atoms with Gasteiger partial charge in [-0.05, 0) is 6.42 Å². The predicted octanol–water partition coefficient (Wildman–Crippen LogP) is 3.27. The molecule has 0 aromatic carbocycles. The Hall–Kier alpha value is -0.280. The van der Waals surface area contributed by atoms with Crippen molar-refractivity contribution in [1.29, 1.82) is 0 Å².